The van der Waals surface area contributed by atoms with Crippen LogP contribution in [-0.2, 0) is 16.7 Å². The molecule has 26 heavy (non-hydrogen) atoms. The minimum atomic E-state index is -0.504. The van der Waals surface area contributed by atoms with Crippen molar-refractivity contribution in [3.8, 4) is 6.07 Å². The number of nitriles is 1. The minimum Gasteiger partial charge on any atom is -0.381 e. The van der Waals surface area contributed by atoms with Gasteiger partial charge in [0, 0.05) is 18.1 Å². The van der Waals surface area contributed by atoms with E-state index in [1.54, 1.807) is 12.1 Å². The number of nitrogens with one attached hydrogen (secondary N) is 2. The highest BCUT2D eigenvalue weighted by molar-refractivity contribution is 7.15. The second-order valence-electron chi connectivity index (χ2n) is 6.34. The number of thiazole rings is 1. The summed E-state index contributed by atoms with van der Waals surface area (Å²) in [5.74, 6) is 0. The smallest absolute Gasteiger partial charge is 0.321 e. The Morgan fingerprint density at radius 2 is 2.04 bits per heavy atom. The number of aromatic nitrogens is 1. The lowest BCUT2D eigenvalue weighted by atomic mass is 9.82. The summed E-state index contributed by atoms with van der Waals surface area (Å²) in [6.07, 6.45) is 2.21. The van der Waals surface area contributed by atoms with Crippen molar-refractivity contribution in [3.63, 3.8) is 0 Å². The highest BCUT2D eigenvalue weighted by Gasteiger charge is 2.36. The van der Waals surface area contributed by atoms with Gasteiger partial charge in [-0.15, -0.1) is 11.3 Å². The third-order valence-electron chi connectivity index (χ3n) is 4.71. The predicted molar refractivity (Wildman–Crippen MR) is 101 cm³/mol. The molecule has 1 saturated heterocycles. The summed E-state index contributed by atoms with van der Waals surface area (Å²) >= 11 is 1.49. The van der Waals surface area contributed by atoms with Crippen LogP contribution in [0.1, 0.15) is 41.5 Å². The topological polar surface area (TPSA) is 87.0 Å². The Morgan fingerprint density at radius 3 is 2.62 bits per heavy atom. The second-order valence-corrected chi connectivity index (χ2v) is 7.54. The van der Waals surface area contributed by atoms with Gasteiger partial charge in [0.2, 0.25) is 0 Å². The van der Waals surface area contributed by atoms with E-state index in [4.69, 9.17) is 10.00 Å². The molecule has 1 aliphatic heterocycles. The van der Waals surface area contributed by atoms with Crippen molar-refractivity contribution in [2.75, 3.05) is 18.5 Å². The van der Waals surface area contributed by atoms with E-state index < -0.39 is 5.54 Å². The van der Waals surface area contributed by atoms with Gasteiger partial charge in [-0.25, -0.2) is 9.78 Å². The zero-order chi connectivity index (χ0) is 18.6. The lowest BCUT2D eigenvalue weighted by molar-refractivity contribution is 0.0418. The molecular formula is C19H22N4O2S. The van der Waals surface area contributed by atoms with Crippen LogP contribution in [0.3, 0.4) is 0 Å². The summed E-state index contributed by atoms with van der Waals surface area (Å²) in [5, 5.41) is 15.6. The molecule has 0 unspecified atom stereocenters. The van der Waals surface area contributed by atoms with Crippen molar-refractivity contribution >= 4 is 22.5 Å². The Kier molecular flexibility index (Phi) is 5.55. The fraction of sp³-hybridized carbons (Fsp3) is 0.421. The molecule has 0 saturated carbocycles. The molecule has 1 aromatic carbocycles. The standard InChI is InChI=1S/C19H22N4O2S/c1-3-16-13(2)26-18(21-16)22-17(24)23-19(8-10-25-11-9-19)15-6-4-14(12-20)5-7-15/h4-7H,3,8-11H2,1-2H3,(H2,21,22,23,24). The summed E-state index contributed by atoms with van der Waals surface area (Å²) < 4.78 is 5.49. The number of carbonyl (C=O) groups excluding carboxylic acids is 1. The van der Waals surface area contributed by atoms with Gasteiger partial charge >= 0.3 is 6.03 Å². The Balaban J connectivity index is 1.79. The first-order valence-corrected chi connectivity index (χ1v) is 9.52. The average Bonchev–Trinajstić information content (AvgIpc) is 3.01. The summed E-state index contributed by atoms with van der Waals surface area (Å²) in [6.45, 7) is 5.22. The Hall–Kier alpha value is -2.43. The summed E-state index contributed by atoms with van der Waals surface area (Å²) in [6, 6.07) is 9.24. The average molecular weight is 370 g/mol. The maximum atomic E-state index is 12.6. The van der Waals surface area contributed by atoms with E-state index in [-0.39, 0.29) is 6.03 Å². The van der Waals surface area contributed by atoms with Gasteiger partial charge in [-0.3, -0.25) is 5.32 Å². The molecule has 0 spiro atoms. The van der Waals surface area contributed by atoms with Gasteiger partial charge in [-0.05, 0) is 43.9 Å². The first kappa shape index (κ1) is 18.4. The molecule has 1 fully saturated rings. The molecule has 7 heteroatoms. The van der Waals surface area contributed by atoms with E-state index in [0.717, 1.165) is 22.6 Å². The molecule has 2 aromatic rings. The van der Waals surface area contributed by atoms with Crippen LogP contribution in [0.2, 0.25) is 0 Å². The van der Waals surface area contributed by atoms with E-state index in [9.17, 15) is 4.79 Å². The van der Waals surface area contributed by atoms with Crippen LogP contribution in [0.15, 0.2) is 24.3 Å². The maximum Gasteiger partial charge on any atom is 0.321 e. The Labute approximate surface area is 157 Å². The molecule has 0 atom stereocenters. The lowest BCUT2D eigenvalue weighted by Gasteiger charge is -2.38. The first-order chi connectivity index (χ1) is 12.6. The van der Waals surface area contributed by atoms with Crippen molar-refractivity contribution in [2.45, 2.75) is 38.6 Å². The molecule has 0 bridgehead atoms. The number of rotatable bonds is 4. The molecule has 136 valence electrons. The molecule has 1 aromatic heterocycles. The summed E-state index contributed by atoms with van der Waals surface area (Å²) in [4.78, 5) is 18.2. The zero-order valence-electron chi connectivity index (χ0n) is 15.0. The molecule has 6 nitrogen and oxygen atoms in total. The Bertz CT molecular complexity index is 817. The number of amides is 2. The number of ether oxygens (including phenoxy) is 1. The van der Waals surface area contributed by atoms with Crippen LogP contribution >= 0.6 is 11.3 Å². The Morgan fingerprint density at radius 1 is 1.35 bits per heavy atom. The number of urea groups is 1. The van der Waals surface area contributed by atoms with Crippen LogP contribution in [0.5, 0.6) is 0 Å². The molecule has 2 heterocycles. The van der Waals surface area contributed by atoms with Gasteiger partial charge in [0.1, 0.15) is 0 Å². The zero-order valence-corrected chi connectivity index (χ0v) is 15.8. The molecule has 0 aliphatic carbocycles. The fourth-order valence-corrected chi connectivity index (χ4v) is 4.12. The molecule has 2 N–H and O–H groups in total. The van der Waals surface area contributed by atoms with E-state index in [0.29, 0.717) is 36.8 Å². The number of nitrogens with zero attached hydrogens (tertiary/aromatic N) is 2. The van der Waals surface area contributed by atoms with Crippen molar-refractivity contribution in [1.29, 1.82) is 5.26 Å². The van der Waals surface area contributed by atoms with E-state index in [1.807, 2.05) is 26.0 Å². The highest BCUT2D eigenvalue weighted by atomic mass is 32.1. The number of carbonyl (C=O) groups is 1. The van der Waals surface area contributed by atoms with Gasteiger partial charge in [-0.2, -0.15) is 5.26 Å². The fourth-order valence-electron chi connectivity index (χ4n) is 3.22. The van der Waals surface area contributed by atoms with Crippen molar-refractivity contribution < 1.29 is 9.53 Å². The first-order valence-electron chi connectivity index (χ1n) is 8.70. The van der Waals surface area contributed by atoms with Gasteiger partial charge in [0.05, 0.1) is 22.9 Å². The van der Waals surface area contributed by atoms with Gasteiger partial charge < -0.3 is 10.1 Å². The van der Waals surface area contributed by atoms with Gasteiger partial charge in [0.25, 0.3) is 0 Å². The number of hydrogen-bond donors (Lipinski definition) is 2. The quantitative estimate of drug-likeness (QED) is 0.859. The largest absolute Gasteiger partial charge is 0.381 e. The van der Waals surface area contributed by atoms with Crippen molar-refractivity contribution in [3.05, 3.63) is 46.0 Å². The van der Waals surface area contributed by atoms with Crippen LogP contribution in [-0.4, -0.2) is 24.2 Å². The molecule has 2 amide bonds. The van der Waals surface area contributed by atoms with Crippen molar-refractivity contribution in [1.82, 2.24) is 10.3 Å². The van der Waals surface area contributed by atoms with E-state index in [2.05, 4.69) is 21.7 Å². The lowest BCUT2D eigenvalue weighted by Crippen LogP contribution is -2.50. The highest BCUT2D eigenvalue weighted by Crippen LogP contribution is 2.32. The van der Waals surface area contributed by atoms with Gasteiger partial charge in [0.15, 0.2) is 5.13 Å². The number of hydrogen-bond acceptors (Lipinski definition) is 5. The minimum absolute atomic E-state index is 0.271. The molecule has 3 rings (SSSR count). The molecule has 0 radical (unpaired) electrons. The predicted octanol–water partition coefficient (Wildman–Crippen LogP) is 3.71. The van der Waals surface area contributed by atoms with Crippen LogP contribution in [0, 0.1) is 18.3 Å². The maximum absolute atomic E-state index is 12.6. The third-order valence-corrected chi connectivity index (χ3v) is 5.64. The van der Waals surface area contributed by atoms with E-state index in [1.165, 1.54) is 11.3 Å². The molecular weight excluding hydrogens is 348 g/mol. The van der Waals surface area contributed by atoms with Crippen LogP contribution < -0.4 is 10.6 Å². The van der Waals surface area contributed by atoms with Crippen molar-refractivity contribution in [2.24, 2.45) is 0 Å². The van der Waals surface area contributed by atoms with E-state index >= 15 is 0 Å². The number of aryl methyl sites for hydroxylation is 2. The summed E-state index contributed by atoms with van der Waals surface area (Å²) in [7, 11) is 0. The van der Waals surface area contributed by atoms with Crippen LogP contribution in [0.25, 0.3) is 0 Å². The third kappa shape index (κ3) is 3.87. The van der Waals surface area contributed by atoms with Gasteiger partial charge in [-0.1, -0.05) is 19.1 Å². The number of anilines is 1. The normalized spacial score (nSPS) is 15.9. The second kappa shape index (κ2) is 7.85. The summed E-state index contributed by atoms with van der Waals surface area (Å²) in [5.41, 5.74) is 2.10. The van der Waals surface area contributed by atoms with Crippen LogP contribution in [0.4, 0.5) is 9.93 Å². The SMILES string of the molecule is CCc1nc(NC(=O)NC2(c3ccc(C#N)cc3)CCOCC2)sc1C. The molecule has 1 aliphatic rings. The monoisotopic (exact) mass is 370 g/mol. The number of benzene rings is 1.